The van der Waals surface area contributed by atoms with Crippen LogP contribution in [0.15, 0.2) is 24.3 Å². The zero-order chi connectivity index (χ0) is 18.5. The number of aromatic nitrogens is 2. The second-order valence-electron chi connectivity index (χ2n) is 6.45. The Balaban J connectivity index is 1.67. The third-order valence-electron chi connectivity index (χ3n) is 4.58. The topological polar surface area (TPSA) is 84.2 Å². The Labute approximate surface area is 151 Å². The average molecular weight is 359 g/mol. The molecular formula is C19H22FN3O3. The Morgan fingerprint density at radius 2 is 2.00 bits per heavy atom. The number of carbonyl (C=O) groups is 2. The van der Waals surface area contributed by atoms with Crippen LogP contribution in [0.4, 0.5) is 4.39 Å². The quantitative estimate of drug-likeness (QED) is 0.710. The maximum atomic E-state index is 14.1. The molecule has 0 saturated carbocycles. The number of nitrogens with one attached hydrogen (secondary N) is 1. The summed E-state index contributed by atoms with van der Waals surface area (Å²) >= 11 is 0. The molecule has 26 heavy (non-hydrogen) atoms. The fourth-order valence-electron chi connectivity index (χ4n) is 3.31. The number of halogens is 1. The molecule has 0 radical (unpaired) electrons. The summed E-state index contributed by atoms with van der Waals surface area (Å²) in [5, 5.41) is 15.8. The molecular weight excluding hydrogens is 337 g/mol. The van der Waals surface area contributed by atoms with Crippen molar-refractivity contribution in [3.8, 4) is 5.69 Å². The van der Waals surface area contributed by atoms with Crippen LogP contribution in [0.25, 0.3) is 5.69 Å². The Bertz CT molecular complexity index is 816. The lowest BCUT2D eigenvalue weighted by Crippen LogP contribution is -2.26. The second kappa shape index (κ2) is 8.12. The van der Waals surface area contributed by atoms with E-state index >= 15 is 0 Å². The summed E-state index contributed by atoms with van der Waals surface area (Å²) in [6.07, 6.45) is 4.68. The number of para-hydroxylation sites is 1. The monoisotopic (exact) mass is 359 g/mol. The van der Waals surface area contributed by atoms with Crippen LogP contribution < -0.4 is 5.32 Å². The molecule has 2 N–H and O–H groups in total. The van der Waals surface area contributed by atoms with Gasteiger partial charge in [0.1, 0.15) is 11.5 Å². The molecule has 0 bridgehead atoms. The molecule has 138 valence electrons. The van der Waals surface area contributed by atoms with Gasteiger partial charge in [0.15, 0.2) is 5.69 Å². The van der Waals surface area contributed by atoms with Crippen molar-refractivity contribution in [3.63, 3.8) is 0 Å². The van der Waals surface area contributed by atoms with Gasteiger partial charge in [-0.25, -0.2) is 9.07 Å². The normalized spacial score (nSPS) is 12.8. The molecule has 1 aliphatic rings. The van der Waals surface area contributed by atoms with Crippen LogP contribution in [-0.2, 0) is 17.6 Å². The fraction of sp³-hybridized carbons (Fsp3) is 0.421. The van der Waals surface area contributed by atoms with Crippen molar-refractivity contribution >= 4 is 11.9 Å². The maximum absolute atomic E-state index is 14.1. The summed E-state index contributed by atoms with van der Waals surface area (Å²) in [4.78, 5) is 23.0. The molecule has 1 aliphatic carbocycles. The second-order valence-corrected chi connectivity index (χ2v) is 6.45. The number of hydrogen-bond donors (Lipinski definition) is 2. The predicted octanol–water partition coefficient (Wildman–Crippen LogP) is 2.87. The fourth-order valence-corrected chi connectivity index (χ4v) is 3.31. The zero-order valence-electron chi connectivity index (χ0n) is 14.5. The lowest BCUT2D eigenvalue weighted by Gasteiger charge is -2.06. The van der Waals surface area contributed by atoms with E-state index in [0.29, 0.717) is 24.3 Å². The van der Waals surface area contributed by atoms with Crippen LogP contribution >= 0.6 is 0 Å². The Kier molecular flexibility index (Phi) is 5.65. The van der Waals surface area contributed by atoms with Gasteiger partial charge in [-0.15, -0.1) is 0 Å². The minimum Gasteiger partial charge on any atom is -0.481 e. The molecule has 1 aromatic heterocycles. The molecule has 1 aromatic carbocycles. The van der Waals surface area contributed by atoms with Gasteiger partial charge in [-0.3, -0.25) is 9.59 Å². The number of rotatable bonds is 8. The van der Waals surface area contributed by atoms with Crippen LogP contribution in [0.1, 0.15) is 53.8 Å². The molecule has 6 nitrogen and oxygen atoms in total. The molecule has 0 fully saturated rings. The summed E-state index contributed by atoms with van der Waals surface area (Å²) in [6, 6.07) is 6.42. The van der Waals surface area contributed by atoms with Gasteiger partial charge in [0.2, 0.25) is 0 Å². The summed E-state index contributed by atoms with van der Waals surface area (Å²) < 4.78 is 15.7. The molecule has 3 rings (SSSR count). The summed E-state index contributed by atoms with van der Waals surface area (Å²) in [5.41, 5.74) is 2.53. The number of fused-ring (bicyclic) bond motifs is 1. The first-order valence-corrected chi connectivity index (χ1v) is 8.93. The molecule has 2 aromatic rings. The Morgan fingerprint density at radius 3 is 2.77 bits per heavy atom. The third-order valence-corrected chi connectivity index (χ3v) is 4.58. The average Bonchev–Trinajstić information content (AvgIpc) is 3.20. The number of hydrogen-bond acceptors (Lipinski definition) is 3. The largest absolute Gasteiger partial charge is 0.481 e. The third kappa shape index (κ3) is 3.92. The smallest absolute Gasteiger partial charge is 0.303 e. The Hall–Kier alpha value is -2.70. The number of benzene rings is 1. The van der Waals surface area contributed by atoms with E-state index in [4.69, 9.17) is 5.11 Å². The number of aliphatic carboxylic acids is 1. The molecule has 0 unspecified atom stereocenters. The van der Waals surface area contributed by atoms with Crippen molar-refractivity contribution < 1.29 is 19.1 Å². The minimum absolute atomic E-state index is 0.147. The number of amides is 1. The van der Waals surface area contributed by atoms with Crippen LogP contribution in [0.5, 0.6) is 0 Å². The van der Waals surface area contributed by atoms with Crippen molar-refractivity contribution in [2.45, 2.75) is 44.9 Å². The van der Waals surface area contributed by atoms with Gasteiger partial charge < -0.3 is 10.4 Å². The highest BCUT2D eigenvalue weighted by Gasteiger charge is 2.27. The van der Waals surface area contributed by atoms with Crippen LogP contribution in [0, 0.1) is 5.82 Å². The first kappa shape index (κ1) is 18.1. The molecule has 1 heterocycles. The highest BCUT2D eigenvalue weighted by molar-refractivity contribution is 5.94. The standard InChI is InChI=1S/C19H22FN3O3/c20-14-8-3-4-9-16(14)23-15-10-6-7-13(15)18(22-23)19(26)21-12-5-1-2-11-17(24)25/h3-4,8-9H,1-2,5-7,10-12H2,(H,21,26)(H,24,25). The Morgan fingerprint density at radius 1 is 1.19 bits per heavy atom. The molecule has 7 heteroatoms. The first-order valence-electron chi connectivity index (χ1n) is 8.93. The van der Waals surface area contributed by atoms with E-state index in [-0.39, 0.29) is 18.1 Å². The van der Waals surface area contributed by atoms with E-state index in [2.05, 4.69) is 10.4 Å². The highest BCUT2D eigenvalue weighted by atomic mass is 19.1. The molecule has 1 amide bonds. The van der Waals surface area contributed by atoms with Crippen molar-refractivity contribution in [1.82, 2.24) is 15.1 Å². The van der Waals surface area contributed by atoms with Gasteiger partial charge in [-0.1, -0.05) is 18.6 Å². The van der Waals surface area contributed by atoms with E-state index in [1.165, 1.54) is 6.07 Å². The lowest BCUT2D eigenvalue weighted by atomic mass is 10.1. The van der Waals surface area contributed by atoms with Crippen molar-refractivity contribution in [1.29, 1.82) is 0 Å². The van der Waals surface area contributed by atoms with Gasteiger partial charge in [0.25, 0.3) is 5.91 Å². The SMILES string of the molecule is O=C(O)CCCCCNC(=O)c1nn(-c2ccccc2F)c2c1CCC2. The highest BCUT2D eigenvalue weighted by Crippen LogP contribution is 2.28. The van der Waals surface area contributed by atoms with Crippen LogP contribution in [0.2, 0.25) is 0 Å². The molecule has 0 saturated heterocycles. The van der Waals surface area contributed by atoms with E-state index in [1.807, 2.05) is 0 Å². The van der Waals surface area contributed by atoms with Gasteiger partial charge in [-0.2, -0.15) is 5.10 Å². The summed E-state index contributed by atoms with van der Waals surface area (Å²) in [5.74, 6) is -1.42. The van der Waals surface area contributed by atoms with Crippen molar-refractivity contribution in [3.05, 3.63) is 47.0 Å². The first-order chi connectivity index (χ1) is 12.6. The van der Waals surface area contributed by atoms with Crippen molar-refractivity contribution in [2.24, 2.45) is 0 Å². The minimum atomic E-state index is -0.803. The van der Waals surface area contributed by atoms with Gasteiger partial charge >= 0.3 is 5.97 Å². The number of nitrogens with zero attached hydrogens (tertiary/aromatic N) is 2. The van der Waals surface area contributed by atoms with E-state index < -0.39 is 5.97 Å². The van der Waals surface area contributed by atoms with E-state index in [1.54, 1.807) is 22.9 Å². The summed E-state index contributed by atoms with van der Waals surface area (Å²) in [7, 11) is 0. The number of carboxylic acids is 1. The zero-order valence-corrected chi connectivity index (χ0v) is 14.5. The predicted molar refractivity (Wildman–Crippen MR) is 94.0 cm³/mol. The van der Waals surface area contributed by atoms with Gasteiger partial charge in [0.05, 0.1) is 0 Å². The molecule has 0 spiro atoms. The molecule has 0 atom stereocenters. The van der Waals surface area contributed by atoms with E-state index in [9.17, 15) is 14.0 Å². The number of unbranched alkanes of at least 4 members (excludes halogenated alkanes) is 2. The van der Waals surface area contributed by atoms with Crippen LogP contribution in [-0.4, -0.2) is 33.3 Å². The summed E-state index contributed by atoms with van der Waals surface area (Å²) in [6.45, 7) is 0.472. The van der Waals surface area contributed by atoms with Crippen molar-refractivity contribution in [2.75, 3.05) is 6.54 Å². The van der Waals surface area contributed by atoms with Gasteiger partial charge in [-0.05, 0) is 44.2 Å². The lowest BCUT2D eigenvalue weighted by molar-refractivity contribution is -0.137. The molecule has 0 aliphatic heterocycles. The maximum Gasteiger partial charge on any atom is 0.303 e. The number of carbonyl (C=O) groups excluding carboxylic acids is 1. The van der Waals surface area contributed by atoms with Crippen LogP contribution in [0.3, 0.4) is 0 Å². The van der Waals surface area contributed by atoms with Gasteiger partial charge in [0, 0.05) is 24.2 Å². The number of carboxylic acid groups (broad SMARTS) is 1. The van der Waals surface area contributed by atoms with E-state index in [0.717, 1.165) is 43.4 Å².